The molecule has 0 atom stereocenters. The van der Waals surface area contributed by atoms with Crippen molar-refractivity contribution in [3.8, 4) is 17.7 Å². The molecule has 0 saturated carbocycles. The molecule has 2 heterocycles. The third-order valence-electron chi connectivity index (χ3n) is 3.76. The summed E-state index contributed by atoms with van der Waals surface area (Å²) in [5.41, 5.74) is 0. The highest BCUT2D eigenvalue weighted by Gasteiger charge is 2.24. The van der Waals surface area contributed by atoms with Crippen LogP contribution in [0.4, 0.5) is 0 Å². The van der Waals surface area contributed by atoms with Gasteiger partial charge in [-0.05, 0) is 24.3 Å². The summed E-state index contributed by atoms with van der Waals surface area (Å²) in [6, 6.07) is 13.4. The lowest BCUT2D eigenvalue weighted by Crippen LogP contribution is -2.43. The first-order valence-electron chi connectivity index (χ1n) is 7.86. The molecule has 0 spiro atoms. The van der Waals surface area contributed by atoms with E-state index in [9.17, 15) is 0 Å². The van der Waals surface area contributed by atoms with Gasteiger partial charge < -0.3 is 14.4 Å². The monoisotopic (exact) mass is 322 g/mol. The zero-order chi connectivity index (χ0) is 16.6. The number of hydrogen-bond acceptors (Lipinski definition) is 5. The van der Waals surface area contributed by atoms with Crippen molar-refractivity contribution >= 4 is 6.02 Å². The molecule has 1 aromatic carbocycles. The number of pyridine rings is 1. The molecule has 1 aliphatic rings. The molecule has 0 bridgehead atoms. The standard InChI is InChI=1S/C18H18N4O2/c19-14-21-18(24-15-4-2-1-3-5-15)22-12-8-17(9-13-22)23-16-6-10-20-11-7-16/h1-7,10-11,17H,8-9,12-13H2/b21-18-. The van der Waals surface area contributed by atoms with Crippen LogP contribution >= 0.6 is 0 Å². The maximum atomic E-state index is 8.92. The highest BCUT2D eigenvalue weighted by Crippen LogP contribution is 2.19. The Morgan fingerprint density at radius 2 is 1.79 bits per heavy atom. The number of hydrogen-bond donors (Lipinski definition) is 0. The van der Waals surface area contributed by atoms with Crippen LogP contribution in [0.3, 0.4) is 0 Å². The fraction of sp³-hybridized carbons (Fsp3) is 0.278. The third-order valence-corrected chi connectivity index (χ3v) is 3.76. The van der Waals surface area contributed by atoms with E-state index in [2.05, 4.69) is 9.98 Å². The highest BCUT2D eigenvalue weighted by molar-refractivity contribution is 5.77. The summed E-state index contributed by atoms with van der Waals surface area (Å²) >= 11 is 0. The predicted molar refractivity (Wildman–Crippen MR) is 89.6 cm³/mol. The van der Waals surface area contributed by atoms with Crippen LogP contribution in [0.2, 0.25) is 0 Å². The Hall–Kier alpha value is -3.07. The van der Waals surface area contributed by atoms with Gasteiger partial charge in [0.2, 0.25) is 6.19 Å². The van der Waals surface area contributed by atoms with Gasteiger partial charge in [0, 0.05) is 38.3 Å². The van der Waals surface area contributed by atoms with Crippen LogP contribution in [0.5, 0.6) is 11.5 Å². The van der Waals surface area contributed by atoms with E-state index in [1.807, 2.05) is 53.6 Å². The highest BCUT2D eigenvalue weighted by atomic mass is 16.5. The van der Waals surface area contributed by atoms with Crippen LogP contribution in [-0.4, -0.2) is 35.1 Å². The Morgan fingerprint density at radius 1 is 1.08 bits per heavy atom. The number of para-hydroxylation sites is 1. The van der Waals surface area contributed by atoms with E-state index in [0.29, 0.717) is 11.8 Å². The predicted octanol–water partition coefficient (Wildman–Crippen LogP) is 2.84. The van der Waals surface area contributed by atoms with E-state index in [1.165, 1.54) is 0 Å². The summed E-state index contributed by atoms with van der Waals surface area (Å²) in [6.45, 7) is 1.45. The van der Waals surface area contributed by atoms with Gasteiger partial charge in [-0.3, -0.25) is 4.98 Å². The summed E-state index contributed by atoms with van der Waals surface area (Å²) in [5.74, 6) is 1.50. The van der Waals surface area contributed by atoms with Gasteiger partial charge in [0.1, 0.15) is 17.6 Å². The van der Waals surface area contributed by atoms with Crippen molar-refractivity contribution in [1.29, 1.82) is 5.26 Å². The Morgan fingerprint density at radius 3 is 2.46 bits per heavy atom. The SMILES string of the molecule is N#C/N=C(\Oc1ccccc1)N1CCC(Oc2ccncc2)CC1. The van der Waals surface area contributed by atoms with Crippen molar-refractivity contribution in [3.63, 3.8) is 0 Å². The molecule has 0 amide bonds. The molecule has 3 rings (SSSR count). The van der Waals surface area contributed by atoms with E-state index in [0.717, 1.165) is 31.7 Å². The fourth-order valence-electron chi connectivity index (χ4n) is 2.57. The second-order valence-electron chi connectivity index (χ2n) is 5.40. The molecule has 0 unspecified atom stereocenters. The Kier molecular flexibility index (Phi) is 5.25. The Bertz CT molecular complexity index is 705. The molecule has 24 heavy (non-hydrogen) atoms. The van der Waals surface area contributed by atoms with E-state index >= 15 is 0 Å². The zero-order valence-electron chi connectivity index (χ0n) is 13.2. The number of nitrogens with zero attached hydrogens (tertiary/aromatic N) is 4. The molecule has 0 radical (unpaired) electrons. The van der Waals surface area contributed by atoms with Crippen LogP contribution in [-0.2, 0) is 0 Å². The van der Waals surface area contributed by atoms with Gasteiger partial charge in [-0.25, -0.2) is 0 Å². The van der Waals surface area contributed by atoms with Crippen molar-refractivity contribution in [3.05, 3.63) is 54.9 Å². The van der Waals surface area contributed by atoms with Crippen LogP contribution in [0.25, 0.3) is 0 Å². The van der Waals surface area contributed by atoms with Crippen molar-refractivity contribution < 1.29 is 9.47 Å². The number of likely N-dealkylation sites (tertiary alicyclic amines) is 1. The van der Waals surface area contributed by atoms with Crippen molar-refractivity contribution in [2.24, 2.45) is 4.99 Å². The Balaban J connectivity index is 1.58. The quantitative estimate of drug-likeness (QED) is 0.494. The number of nitriles is 1. The number of aromatic nitrogens is 1. The van der Waals surface area contributed by atoms with Gasteiger partial charge in [0.05, 0.1) is 0 Å². The van der Waals surface area contributed by atoms with E-state index in [4.69, 9.17) is 14.7 Å². The molecule has 1 saturated heterocycles. The molecule has 1 fully saturated rings. The lowest BCUT2D eigenvalue weighted by Gasteiger charge is -2.33. The molecule has 122 valence electrons. The molecule has 0 aliphatic carbocycles. The summed E-state index contributed by atoms with van der Waals surface area (Å²) < 4.78 is 11.7. The summed E-state index contributed by atoms with van der Waals surface area (Å²) in [4.78, 5) is 9.79. The first-order chi connectivity index (χ1) is 11.8. The number of aliphatic imine (C=N–C) groups is 1. The minimum atomic E-state index is 0.142. The van der Waals surface area contributed by atoms with Gasteiger partial charge in [-0.15, -0.1) is 4.99 Å². The van der Waals surface area contributed by atoms with E-state index < -0.39 is 0 Å². The molecule has 1 aliphatic heterocycles. The van der Waals surface area contributed by atoms with Crippen molar-refractivity contribution in [2.75, 3.05) is 13.1 Å². The van der Waals surface area contributed by atoms with Crippen LogP contribution in [0.1, 0.15) is 12.8 Å². The molecule has 6 heteroatoms. The molecule has 6 nitrogen and oxygen atoms in total. The van der Waals surface area contributed by atoms with Gasteiger partial charge in [0.15, 0.2) is 0 Å². The van der Waals surface area contributed by atoms with Crippen LogP contribution in [0.15, 0.2) is 59.9 Å². The summed E-state index contributed by atoms with van der Waals surface area (Å²) in [6.07, 6.45) is 7.07. The number of rotatable bonds is 3. The molecular weight excluding hydrogens is 304 g/mol. The zero-order valence-corrected chi connectivity index (χ0v) is 13.2. The molecule has 0 N–H and O–H groups in total. The Labute approximate surface area is 141 Å². The van der Waals surface area contributed by atoms with Gasteiger partial charge in [-0.2, -0.15) is 5.26 Å². The lowest BCUT2D eigenvalue weighted by molar-refractivity contribution is 0.124. The van der Waals surface area contributed by atoms with Crippen molar-refractivity contribution in [1.82, 2.24) is 9.88 Å². The maximum absolute atomic E-state index is 8.92. The molecule has 2 aromatic rings. The van der Waals surface area contributed by atoms with Crippen LogP contribution in [0, 0.1) is 11.5 Å². The molecular formula is C18H18N4O2. The van der Waals surface area contributed by atoms with Crippen molar-refractivity contribution in [2.45, 2.75) is 18.9 Å². The minimum absolute atomic E-state index is 0.142. The van der Waals surface area contributed by atoms with E-state index in [1.54, 1.807) is 12.4 Å². The third kappa shape index (κ3) is 4.23. The van der Waals surface area contributed by atoms with Crippen LogP contribution < -0.4 is 9.47 Å². The normalized spacial score (nSPS) is 15.6. The topological polar surface area (TPSA) is 70.7 Å². The van der Waals surface area contributed by atoms with Gasteiger partial charge in [-0.1, -0.05) is 18.2 Å². The number of ether oxygens (including phenoxy) is 2. The second-order valence-corrected chi connectivity index (χ2v) is 5.40. The summed E-state index contributed by atoms with van der Waals surface area (Å²) in [5, 5.41) is 8.92. The maximum Gasteiger partial charge on any atom is 0.308 e. The first kappa shape index (κ1) is 15.8. The number of amidine groups is 1. The number of piperidine rings is 1. The lowest BCUT2D eigenvalue weighted by atomic mass is 10.1. The minimum Gasteiger partial charge on any atom is -0.490 e. The smallest absolute Gasteiger partial charge is 0.308 e. The average molecular weight is 322 g/mol. The fourth-order valence-corrected chi connectivity index (χ4v) is 2.57. The van der Waals surface area contributed by atoms with Gasteiger partial charge >= 0.3 is 6.02 Å². The summed E-state index contributed by atoms with van der Waals surface area (Å²) in [7, 11) is 0. The van der Waals surface area contributed by atoms with Gasteiger partial charge in [0.25, 0.3) is 0 Å². The number of benzene rings is 1. The second kappa shape index (κ2) is 7.97. The molecule has 1 aromatic heterocycles. The largest absolute Gasteiger partial charge is 0.490 e. The average Bonchev–Trinajstić information content (AvgIpc) is 2.64. The van der Waals surface area contributed by atoms with E-state index in [-0.39, 0.29) is 6.10 Å². The first-order valence-corrected chi connectivity index (χ1v) is 7.86.